The van der Waals surface area contributed by atoms with E-state index in [-0.39, 0.29) is 5.82 Å². The van der Waals surface area contributed by atoms with Gasteiger partial charge in [-0.15, -0.1) is 0 Å². The second kappa shape index (κ2) is 5.50. The highest BCUT2D eigenvalue weighted by atomic mass is 19.1. The molecule has 0 amide bonds. The van der Waals surface area contributed by atoms with Crippen LogP contribution in [0.2, 0.25) is 0 Å². The largest absolute Gasteiger partial charge is 0.369 e. The molecule has 1 saturated heterocycles. The fourth-order valence-electron chi connectivity index (χ4n) is 2.44. The van der Waals surface area contributed by atoms with Crippen molar-refractivity contribution in [2.45, 2.75) is 13.8 Å². The number of anilines is 1. The molecule has 1 aliphatic heterocycles. The van der Waals surface area contributed by atoms with E-state index in [9.17, 15) is 4.39 Å². The molecule has 2 nitrogen and oxygen atoms in total. The number of hydrogen-bond donors (Lipinski definition) is 1. The Kier molecular flexibility index (Phi) is 4.00. The summed E-state index contributed by atoms with van der Waals surface area (Å²) >= 11 is 0. The molecule has 0 bridgehead atoms. The molecule has 1 aromatic rings. The highest BCUT2D eigenvalue weighted by Gasteiger charge is 2.19. The van der Waals surface area contributed by atoms with E-state index in [0.29, 0.717) is 11.8 Å². The van der Waals surface area contributed by atoms with E-state index >= 15 is 0 Å². The zero-order valence-corrected chi connectivity index (χ0v) is 10.6. The number of nitrogens with zero attached hydrogens (tertiary/aromatic N) is 1. The molecule has 3 heteroatoms. The SMILES string of the molecule is CC1CNCC(C)CN(c2ccccc2F)C1. The molecule has 1 aliphatic rings. The van der Waals surface area contributed by atoms with Gasteiger partial charge in [0.25, 0.3) is 0 Å². The summed E-state index contributed by atoms with van der Waals surface area (Å²) in [4.78, 5) is 2.19. The molecule has 17 heavy (non-hydrogen) atoms. The van der Waals surface area contributed by atoms with Crippen LogP contribution >= 0.6 is 0 Å². The average molecular weight is 236 g/mol. The van der Waals surface area contributed by atoms with Gasteiger partial charge in [0.1, 0.15) is 5.82 Å². The van der Waals surface area contributed by atoms with Crippen LogP contribution in [-0.2, 0) is 0 Å². The van der Waals surface area contributed by atoms with Gasteiger partial charge in [-0.05, 0) is 37.1 Å². The number of halogens is 1. The van der Waals surface area contributed by atoms with Crippen LogP contribution in [0, 0.1) is 17.7 Å². The third-order valence-electron chi connectivity index (χ3n) is 3.24. The molecule has 0 radical (unpaired) electrons. The van der Waals surface area contributed by atoms with E-state index in [0.717, 1.165) is 31.9 Å². The predicted molar refractivity (Wildman–Crippen MR) is 69.8 cm³/mol. The maximum Gasteiger partial charge on any atom is 0.146 e. The van der Waals surface area contributed by atoms with Crippen molar-refractivity contribution in [3.63, 3.8) is 0 Å². The smallest absolute Gasteiger partial charge is 0.146 e. The maximum absolute atomic E-state index is 13.8. The highest BCUT2D eigenvalue weighted by Crippen LogP contribution is 2.21. The Morgan fingerprint density at radius 3 is 2.29 bits per heavy atom. The number of nitrogens with one attached hydrogen (secondary N) is 1. The molecule has 94 valence electrons. The zero-order valence-electron chi connectivity index (χ0n) is 10.6. The van der Waals surface area contributed by atoms with Crippen LogP contribution in [0.3, 0.4) is 0 Å². The number of benzene rings is 1. The van der Waals surface area contributed by atoms with E-state index in [4.69, 9.17) is 0 Å². The summed E-state index contributed by atoms with van der Waals surface area (Å²) in [5, 5.41) is 3.45. The topological polar surface area (TPSA) is 15.3 Å². The zero-order chi connectivity index (χ0) is 12.3. The molecule has 0 saturated carbocycles. The first kappa shape index (κ1) is 12.4. The number of para-hydroxylation sites is 1. The minimum Gasteiger partial charge on any atom is -0.369 e. The Morgan fingerprint density at radius 1 is 1.12 bits per heavy atom. The fourth-order valence-corrected chi connectivity index (χ4v) is 2.44. The summed E-state index contributed by atoms with van der Waals surface area (Å²) in [6, 6.07) is 7.08. The summed E-state index contributed by atoms with van der Waals surface area (Å²) < 4.78 is 13.8. The van der Waals surface area contributed by atoms with E-state index in [1.807, 2.05) is 12.1 Å². The predicted octanol–water partition coefficient (Wildman–Crippen LogP) is 2.51. The molecular weight excluding hydrogens is 215 g/mol. The van der Waals surface area contributed by atoms with Gasteiger partial charge in [0.15, 0.2) is 0 Å². The highest BCUT2D eigenvalue weighted by molar-refractivity contribution is 5.47. The van der Waals surface area contributed by atoms with Gasteiger partial charge in [0, 0.05) is 13.1 Å². The molecule has 2 unspecified atom stereocenters. The molecule has 0 aliphatic carbocycles. The molecular formula is C14H21FN2. The lowest BCUT2D eigenvalue weighted by molar-refractivity contribution is 0.407. The van der Waals surface area contributed by atoms with Gasteiger partial charge in [-0.2, -0.15) is 0 Å². The third kappa shape index (κ3) is 3.19. The lowest BCUT2D eigenvalue weighted by Crippen LogP contribution is -2.43. The van der Waals surface area contributed by atoms with Crippen LogP contribution in [0.25, 0.3) is 0 Å². The second-order valence-electron chi connectivity index (χ2n) is 5.22. The first-order valence-corrected chi connectivity index (χ1v) is 6.37. The van der Waals surface area contributed by atoms with Crippen molar-refractivity contribution < 1.29 is 4.39 Å². The monoisotopic (exact) mass is 236 g/mol. The van der Waals surface area contributed by atoms with E-state index < -0.39 is 0 Å². The van der Waals surface area contributed by atoms with E-state index in [1.54, 1.807) is 12.1 Å². The van der Waals surface area contributed by atoms with Crippen molar-refractivity contribution in [3.05, 3.63) is 30.1 Å². The second-order valence-corrected chi connectivity index (χ2v) is 5.22. The van der Waals surface area contributed by atoms with Gasteiger partial charge in [-0.25, -0.2) is 4.39 Å². The van der Waals surface area contributed by atoms with Gasteiger partial charge in [-0.1, -0.05) is 26.0 Å². The fraction of sp³-hybridized carbons (Fsp3) is 0.571. The van der Waals surface area contributed by atoms with Gasteiger partial charge < -0.3 is 10.2 Å². The summed E-state index contributed by atoms with van der Waals surface area (Å²) in [5.74, 6) is 0.977. The van der Waals surface area contributed by atoms with Gasteiger partial charge in [0.2, 0.25) is 0 Å². The Hall–Kier alpha value is -1.09. The number of rotatable bonds is 1. The first-order valence-electron chi connectivity index (χ1n) is 6.37. The van der Waals surface area contributed by atoms with Gasteiger partial charge in [-0.3, -0.25) is 0 Å². The standard InChI is InChI=1S/C14H21FN2/c1-11-7-16-8-12(2)10-17(9-11)14-6-4-3-5-13(14)15/h3-6,11-12,16H,7-10H2,1-2H3. The Morgan fingerprint density at radius 2 is 1.71 bits per heavy atom. The van der Waals surface area contributed by atoms with Crippen molar-refractivity contribution >= 4 is 5.69 Å². The van der Waals surface area contributed by atoms with Crippen LogP contribution in [0.5, 0.6) is 0 Å². The summed E-state index contributed by atoms with van der Waals surface area (Å²) in [5.41, 5.74) is 0.744. The van der Waals surface area contributed by atoms with E-state index in [1.165, 1.54) is 0 Å². The molecule has 0 aromatic heterocycles. The molecule has 1 N–H and O–H groups in total. The van der Waals surface area contributed by atoms with Crippen molar-refractivity contribution in [3.8, 4) is 0 Å². The normalized spacial score (nSPS) is 26.4. The van der Waals surface area contributed by atoms with Crippen LogP contribution in [0.15, 0.2) is 24.3 Å². The van der Waals surface area contributed by atoms with Gasteiger partial charge >= 0.3 is 0 Å². The quantitative estimate of drug-likeness (QED) is 0.806. The Bertz CT molecular complexity index is 355. The average Bonchev–Trinajstić information content (AvgIpc) is 2.26. The number of hydrogen-bond acceptors (Lipinski definition) is 2. The Balaban J connectivity index is 2.18. The molecule has 2 rings (SSSR count). The lowest BCUT2D eigenvalue weighted by atomic mass is 10.0. The summed E-state index contributed by atoms with van der Waals surface area (Å²) in [6.07, 6.45) is 0. The summed E-state index contributed by atoms with van der Waals surface area (Å²) in [6.45, 7) is 8.26. The molecule has 1 fully saturated rings. The van der Waals surface area contributed by atoms with Crippen LogP contribution in [0.1, 0.15) is 13.8 Å². The summed E-state index contributed by atoms with van der Waals surface area (Å²) in [7, 11) is 0. The van der Waals surface area contributed by atoms with Crippen molar-refractivity contribution in [1.29, 1.82) is 0 Å². The molecule has 0 spiro atoms. The molecule has 2 atom stereocenters. The lowest BCUT2D eigenvalue weighted by Gasteiger charge is -2.33. The first-order chi connectivity index (χ1) is 8.16. The molecule has 1 heterocycles. The van der Waals surface area contributed by atoms with Gasteiger partial charge in [0.05, 0.1) is 5.69 Å². The van der Waals surface area contributed by atoms with Crippen LogP contribution in [-0.4, -0.2) is 26.2 Å². The van der Waals surface area contributed by atoms with Crippen molar-refractivity contribution in [2.75, 3.05) is 31.1 Å². The maximum atomic E-state index is 13.8. The molecule has 1 aromatic carbocycles. The van der Waals surface area contributed by atoms with E-state index in [2.05, 4.69) is 24.1 Å². The van der Waals surface area contributed by atoms with Crippen LogP contribution in [0.4, 0.5) is 10.1 Å². The van der Waals surface area contributed by atoms with Crippen LogP contribution < -0.4 is 10.2 Å². The minimum absolute atomic E-state index is 0.111. The Labute approximate surface area is 103 Å². The van der Waals surface area contributed by atoms with Crippen molar-refractivity contribution in [2.24, 2.45) is 11.8 Å². The van der Waals surface area contributed by atoms with Crippen molar-refractivity contribution in [1.82, 2.24) is 5.32 Å². The minimum atomic E-state index is -0.111. The third-order valence-corrected chi connectivity index (χ3v) is 3.24.